The number of rotatable bonds is 6. The molecule has 0 radical (unpaired) electrons. The molecular formula is C12H23NO2. The fourth-order valence-corrected chi connectivity index (χ4v) is 2.23. The third kappa shape index (κ3) is 4.65. The predicted octanol–water partition coefficient (Wildman–Crippen LogP) is 2.36. The molecular weight excluding hydrogens is 190 g/mol. The van der Waals surface area contributed by atoms with Crippen molar-refractivity contribution in [3.8, 4) is 0 Å². The zero-order chi connectivity index (χ0) is 11.3. The summed E-state index contributed by atoms with van der Waals surface area (Å²) in [6.07, 6.45) is 4.92. The highest BCUT2D eigenvalue weighted by molar-refractivity contribution is 5.66. The molecule has 0 aromatic carbocycles. The van der Waals surface area contributed by atoms with Crippen LogP contribution in [0.25, 0.3) is 0 Å². The van der Waals surface area contributed by atoms with Gasteiger partial charge in [0.05, 0.1) is 0 Å². The number of hydrogen-bond acceptors (Lipinski definition) is 2. The number of likely N-dealkylation sites (tertiary alicyclic amines) is 1. The number of aliphatic carboxylic acids is 1. The third-order valence-corrected chi connectivity index (χ3v) is 3.45. The van der Waals surface area contributed by atoms with E-state index in [1.165, 1.54) is 19.4 Å². The first-order chi connectivity index (χ1) is 7.09. The van der Waals surface area contributed by atoms with Gasteiger partial charge in [-0.3, -0.25) is 4.79 Å². The van der Waals surface area contributed by atoms with Crippen LogP contribution in [0.1, 0.15) is 46.0 Å². The van der Waals surface area contributed by atoms with Gasteiger partial charge in [-0.25, -0.2) is 0 Å². The smallest absolute Gasteiger partial charge is 0.303 e. The second-order valence-electron chi connectivity index (χ2n) is 4.85. The van der Waals surface area contributed by atoms with Crippen molar-refractivity contribution in [1.82, 2.24) is 4.90 Å². The summed E-state index contributed by atoms with van der Waals surface area (Å²) in [5.74, 6) is -0.134. The summed E-state index contributed by atoms with van der Waals surface area (Å²) in [4.78, 5) is 12.9. The normalized spacial score (nSPS) is 24.3. The highest BCUT2D eigenvalue weighted by atomic mass is 16.4. The molecule has 3 nitrogen and oxygen atoms in total. The summed E-state index contributed by atoms with van der Waals surface area (Å²) in [5.41, 5.74) is 0. The number of carboxylic acids is 1. The fourth-order valence-electron chi connectivity index (χ4n) is 2.23. The molecule has 1 aliphatic rings. The molecule has 1 fully saturated rings. The summed E-state index contributed by atoms with van der Waals surface area (Å²) < 4.78 is 0. The molecule has 0 amide bonds. The van der Waals surface area contributed by atoms with Crippen LogP contribution in [0.5, 0.6) is 0 Å². The van der Waals surface area contributed by atoms with Crippen molar-refractivity contribution >= 4 is 5.97 Å². The average Bonchev–Trinajstić information content (AvgIpc) is 2.58. The van der Waals surface area contributed by atoms with Crippen LogP contribution >= 0.6 is 0 Å². The lowest BCUT2D eigenvalue weighted by atomic mass is 10.0. The molecule has 1 N–H and O–H groups in total. The second-order valence-corrected chi connectivity index (χ2v) is 4.85. The molecule has 1 rings (SSSR count). The Morgan fingerprint density at radius 1 is 1.53 bits per heavy atom. The topological polar surface area (TPSA) is 40.5 Å². The summed E-state index contributed by atoms with van der Waals surface area (Å²) in [5, 5.41) is 8.57. The fraction of sp³-hybridized carbons (Fsp3) is 0.917. The van der Waals surface area contributed by atoms with E-state index in [1.807, 2.05) is 0 Å². The predicted molar refractivity (Wildman–Crippen MR) is 60.9 cm³/mol. The zero-order valence-electron chi connectivity index (χ0n) is 9.91. The Balaban J connectivity index is 2.10. The molecule has 2 unspecified atom stereocenters. The molecule has 15 heavy (non-hydrogen) atoms. The summed E-state index contributed by atoms with van der Waals surface area (Å²) in [6.45, 7) is 6.81. The van der Waals surface area contributed by atoms with E-state index in [0.717, 1.165) is 25.4 Å². The van der Waals surface area contributed by atoms with Gasteiger partial charge in [-0.05, 0) is 51.6 Å². The average molecular weight is 213 g/mol. The van der Waals surface area contributed by atoms with Crippen molar-refractivity contribution in [2.75, 3.05) is 13.1 Å². The van der Waals surface area contributed by atoms with Gasteiger partial charge < -0.3 is 10.0 Å². The first-order valence-corrected chi connectivity index (χ1v) is 6.05. The lowest BCUT2D eigenvalue weighted by Gasteiger charge is -2.22. The highest BCUT2D eigenvalue weighted by Gasteiger charge is 2.20. The van der Waals surface area contributed by atoms with E-state index < -0.39 is 5.97 Å². The molecule has 0 bridgehead atoms. The van der Waals surface area contributed by atoms with Crippen LogP contribution in [-0.4, -0.2) is 35.1 Å². The van der Waals surface area contributed by atoms with Crippen LogP contribution in [0, 0.1) is 5.92 Å². The summed E-state index contributed by atoms with van der Waals surface area (Å²) in [6, 6.07) is 0.733. The Morgan fingerprint density at radius 2 is 2.27 bits per heavy atom. The minimum Gasteiger partial charge on any atom is -0.481 e. The standard InChI is InChI=1S/C12H23NO2/c1-10(5-6-12(14)15)7-9-13-8-3-4-11(13)2/h10-11H,3-9H2,1-2H3,(H,14,15). The van der Waals surface area contributed by atoms with Crippen molar-refractivity contribution < 1.29 is 9.90 Å². The Hall–Kier alpha value is -0.570. The summed E-state index contributed by atoms with van der Waals surface area (Å²) in [7, 11) is 0. The lowest BCUT2D eigenvalue weighted by molar-refractivity contribution is -0.137. The quantitative estimate of drug-likeness (QED) is 0.736. The lowest BCUT2D eigenvalue weighted by Crippen LogP contribution is -2.28. The largest absolute Gasteiger partial charge is 0.481 e. The van der Waals surface area contributed by atoms with Gasteiger partial charge in [0.25, 0.3) is 0 Å². The Labute approximate surface area is 92.5 Å². The van der Waals surface area contributed by atoms with E-state index in [4.69, 9.17) is 5.11 Å². The van der Waals surface area contributed by atoms with E-state index in [-0.39, 0.29) is 0 Å². The van der Waals surface area contributed by atoms with Gasteiger partial charge in [-0.15, -0.1) is 0 Å². The summed E-state index contributed by atoms with van der Waals surface area (Å²) >= 11 is 0. The maximum atomic E-state index is 10.4. The van der Waals surface area contributed by atoms with E-state index in [2.05, 4.69) is 18.7 Å². The molecule has 2 atom stereocenters. The van der Waals surface area contributed by atoms with E-state index in [0.29, 0.717) is 12.3 Å². The number of hydrogen-bond donors (Lipinski definition) is 1. The molecule has 0 aromatic heterocycles. The van der Waals surface area contributed by atoms with E-state index in [1.54, 1.807) is 0 Å². The van der Waals surface area contributed by atoms with E-state index >= 15 is 0 Å². The van der Waals surface area contributed by atoms with Crippen molar-refractivity contribution in [2.45, 2.75) is 52.0 Å². The molecule has 3 heteroatoms. The molecule has 0 saturated carbocycles. The Kier molecular flexibility index (Phi) is 5.09. The van der Waals surface area contributed by atoms with Gasteiger partial charge in [0, 0.05) is 12.5 Å². The second kappa shape index (κ2) is 6.11. The van der Waals surface area contributed by atoms with Gasteiger partial charge in [-0.1, -0.05) is 6.92 Å². The van der Waals surface area contributed by atoms with E-state index in [9.17, 15) is 4.79 Å². The molecule has 0 aliphatic carbocycles. The van der Waals surface area contributed by atoms with Crippen LogP contribution < -0.4 is 0 Å². The first kappa shape index (κ1) is 12.5. The Morgan fingerprint density at radius 3 is 2.80 bits per heavy atom. The molecule has 1 heterocycles. The van der Waals surface area contributed by atoms with Gasteiger partial charge >= 0.3 is 5.97 Å². The third-order valence-electron chi connectivity index (χ3n) is 3.45. The van der Waals surface area contributed by atoms with Gasteiger partial charge in [0.2, 0.25) is 0 Å². The molecule has 0 spiro atoms. The van der Waals surface area contributed by atoms with Crippen LogP contribution in [0.2, 0.25) is 0 Å². The van der Waals surface area contributed by atoms with Crippen LogP contribution in [0.4, 0.5) is 0 Å². The highest BCUT2D eigenvalue weighted by Crippen LogP contribution is 2.19. The van der Waals surface area contributed by atoms with Gasteiger partial charge in [0.15, 0.2) is 0 Å². The van der Waals surface area contributed by atoms with Crippen molar-refractivity contribution in [3.63, 3.8) is 0 Å². The van der Waals surface area contributed by atoms with Crippen LogP contribution in [0.3, 0.4) is 0 Å². The SMILES string of the molecule is CC(CCC(=O)O)CCN1CCCC1C. The van der Waals surface area contributed by atoms with Gasteiger partial charge in [0.1, 0.15) is 0 Å². The van der Waals surface area contributed by atoms with Crippen molar-refractivity contribution in [3.05, 3.63) is 0 Å². The number of nitrogens with zero attached hydrogens (tertiary/aromatic N) is 1. The molecule has 1 aliphatic heterocycles. The minimum absolute atomic E-state index is 0.316. The molecule has 88 valence electrons. The molecule has 0 aromatic rings. The maximum absolute atomic E-state index is 10.4. The van der Waals surface area contributed by atoms with Gasteiger partial charge in [-0.2, -0.15) is 0 Å². The van der Waals surface area contributed by atoms with Crippen LogP contribution in [-0.2, 0) is 4.79 Å². The van der Waals surface area contributed by atoms with Crippen molar-refractivity contribution in [1.29, 1.82) is 0 Å². The van der Waals surface area contributed by atoms with Crippen LogP contribution in [0.15, 0.2) is 0 Å². The maximum Gasteiger partial charge on any atom is 0.303 e. The van der Waals surface area contributed by atoms with Crippen molar-refractivity contribution in [2.24, 2.45) is 5.92 Å². The molecule has 1 saturated heterocycles. The zero-order valence-corrected chi connectivity index (χ0v) is 9.91. The Bertz CT molecular complexity index is 206. The minimum atomic E-state index is -0.670. The first-order valence-electron chi connectivity index (χ1n) is 6.05. The number of carboxylic acid groups (broad SMARTS) is 1. The monoisotopic (exact) mass is 213 g/mol. The number of carbonyl (C=O) groups is 1.